The van der Waals surface area contributed by atoms with Crippen LogP contribution in [0.2, 0.25) is 0 Å². The van der Waals surface area contributed by atoms with E-state index in [2.05, 4.69) is 26.2 Å². The molecule has 0 spiro atoms. The average molecular weight is 321 g/mol. The molecule has 0 aliphatic rings. The van der Waals surface area contributed by atoms with Gasteiger partial charge in [-0.05, 0) is 52.7 Å². The van der Waals surface area contributed by atoms with Crippen molar-refractivity contribution in [3.8, 4) is 5.75 Å². The van der Waals surface area contributed by atoms with E-state index in [1.54, 1.807) is 37.6 Å². The van der Waals surface area contributed by atoms with Crippen molar-refractivity contribution in [3.05, 3.63) is 52.1 Å². The summed E-state index contributed by atoms with van der Waals surface area (Å²) in [5.41, 5.74) is 1.43. The van der Waals surface area contributed by atoms with Gasteiger partial charge < -0.3 is 10.1 Å². The molecule has 0 radical (unpaired) electrons. The molecule has 1 N–H and O–H groups in total. The Morgan fingerprint density at radius 1 is 1.37 bits per heavy atom. The van der Waals surface area contributed by atoms with Gasteiger partial charge in [-0.2, -0.15) is 0 Å². The minimum Gasteiger partial charge on any atom is -0.497 e. The number of pyridine rings is 1. The Kier molecular flexibility index (Phi) is 4.16. The van der Waals surface area contributed by atoms with Gasteiger partial charge in [-0.1, -0.05) is 6.07 Å². The molecule has 2 aromatic rings. The summed E-state index contributed by atoms with van der Waals surface area (Å²) in [5.74, 6) is 0.987. The highest BCUT2D eigenvalue weighted by Crippen LogP contribution is 2.18. The number of nitrogens with one attached hydrogen (secondary N) is 1. The van der Waals surface area contributed by atoms with Gasteiger partial charge in [0.25, 0.3) is 5.91 Å². The molecule has 4 nitrogen and oxygen atoms in total. The van der Waals surface area contributed by atoms with E-state index in [4.69, 9.17) is 4.74 Å². The zero-order valence-electron chi connectivity index (χ0n) is 10.6. The van der Waals surface area contributed by atoms with Crippen molar-refractivity contribution < 1.29 is 9.53 Å². The van der Waals surface area contributed by atoms with Crippen LogP contribution in [0.5, 0.6) is 5.75 Å². The lowest BCUT2D eigenvalue weighted by atomic mass is 10.2. The number of aromatic nitrogens is 1. The predicted molar refractivity (Wildman–Crippen MR) is 77.6 cm³/mol. The first-order chi connectivity index (χ1) is 9.10. The van der Waals surface area contributed by atoms with Gasteiger partial charge in [0.2, 0.25) is 0 Å². The largest absolute Gasteiger partial charge is 0.497 e. The maximum Gasteiger partial charge on any atom is 0.256 e. The van der Waals surface area contributed by atoms with E-state index >= 15 is 0 Å². The zero-order valence-corrected chi connectivity index (χ0v) is 12.2. The van der Waals surface area contributed by atoms with Crippen molar-refractivity contribution in [2.75, 3.05) is 12.4 Å². The first-order valence-corrected chi connectivity index (χ1v) is 6.47. The van der Waals surface area contributed by atoms with Crippen LogP contribution in [0.15, 0.2) is 41.0 Å². The van der Waals surface area contributed by atoms with Gasteiger partial charge in [0.05, 0.1) is 7.11 Å². The van der Waals surface area contributed by atoms with Gasteiger partial charge in [-0.25, -0.2) is 4.98 Å². The highest BCUT2D eigenvalue weighted by molar-refractivity contribution is 9.10. The van der Waals surface area contributed by atoms with E-state index in [0.29, 0.717) is 17.1 Å². The van der Waals surface area contributed by atoms with Crippen LogP contribution < -0.4 is 10.1 Å². The number of nitrogens with zero attached hydrogens (tertiary/aromatic N) is 1. The van der Waals surface area contributed by atoms with Crippen LogP contribution in [0.25, 0.3) is 0 Å². The molecule has 0 bridgehead atoms. The molecule has 19 heavy (non-hydrogen) atoms. The normalized spacial score (nSPS) is 10.1. The summed E-state index contributed by atoms with van der Waals surface area (Å²) in [7, 11) is 1.57. The van der Waals surface area contributed by atoms with Crippen LogP contribution in [-0.2, 0) is 0 Å². The summed E-state index contributed by atoms with van der Waals surface area (Å²) in [6.07, 6.45) is 1.65. The molecule has 0 saturated heterocycles. The molecule has 1 heterocycles. The minimum absolute atomic E-state index is 0.211. The van der Waals surface area contributed by atoms with Crippen molar-refractivity contribution in [2.45, 2.75) is 6.92 Å². The van der Waals surface area contributed by atoms with Crippen LogP contribution in [-0.4, -0.2) is 18.0 Å². The lowest BCUT2D eigenvalue weighted by Gasteiger charge is -2.08. The quantitative estimate of drug-likeness (QED) is 0.942. The Balaban J connectivity index is 2.20. The van der Waals surface area contributed by atoms with E-state index in [1.165, 1.54) is 0 Å². The zero-order chi connectivity index (χ0) is 13.8. The Bertz CT molecular complexity index is 614. The number of hydrogen-bond acceptors (Lipinski definition) is 3. The number of ether oxygens (including phenoxy) is 1. The monoisotopic (exact) mass is 320 g/mol. The van der Waals surface area contributed by atoms with E-state index < -0.39 is 0 Å². The summed E-state index contributed by atoms with van der Waals surface area (Å²) in [5, 5.41) is 2.78. The number of carbonyl (C=O) groups is 1. The van der Waals surface area contributed by atoms with Gasteiger partial charge in [0.1, 0.15) is 11.6 Å². The van der Waals surface area contributed by atoms with Gasteiger partial charge in [0.15, 0.2) is 0 Å². The number of aryl methyl sites for hydroxylation is 1. The molecule has 1 aromatic carbocycles. The minimum atomic E-state index is -0.211. The SMILES string of the molecule is COc1cccc(C(=O)Nc2ncc(Br)cc2C)c1. The van der Waals surface area contributed by atoms with Gasteiger partial charge in [-0.3, -0.25) is 4.79 Å². The molecule has 1 aromatic heterocycles. The molecule has 2 rings (SSSR count). The topological polar surface area (TPSA) is 51.2 Å². The fraction of sp³-hybridized carbons (Fsp3) is 0.143. The molecule has 5 heteroatoms. The summed E-state index contributed by atoms with van der Waals surface area (Å²) in [6.45, 7) is 1.89. The fourth-order valence-corrected chi connectivity index (χ4v) is 2.06. The van der Waals surface area contributed by atoms with E-state index in [0.717, 1.165) is 10.0 Å². The average Bonchev–Trinajstić information content (AvgIpc) is 2.42. The fourth-order valence-electron chi connectivity index (χ4n) is 1.62. The van der Waals surface area contributed by atoms with Gasteiger partial charge in [-0.15, -0.1) is 0 Å². The van der Waals surface area contributed by atoms with Crippen LogP contribution in [0.1, 0.15) is 15.9 Å². The first kappa shape index (κ1) is 13.5. The van der Waals surface area contributed by atoms with Crippen molar-refractivity contribution in [1.29, 1.82) is 0 Å². The van der Waals surface area contributed by atoms with Crippen molar-refractivity contribution in [2.24, 2.45) is 0 Å². The van der Waals surface area contributed by atoms with Crippen LogP contribution >= 0.6 is 15.9 Å². The molecule has 0 atom stereocenters. The van der Waals surface area contributed by atoms with Crippen molar-refractivity contribution >= 4 is 27.7 Å². The second kappa shape index (κ2) is 5.84. The molecular formula is C14H13BrN2O2. The molecule has 0 fully saturated rings. The third kappa shape index (κ3) is 3.32. The van der Waals surface area contributed by atoms with E-state index in [9.17, 15) is 4.79 Å². The Morgan fingerprint density at radius 3 is 2.84 bits per heavy atom. The maximum atomic E-state index is 12.1. The molecule has 98 valence electrons. The molecule has 0 aliphatic carbocycles. The molecule has 0 aliphatic heterocycles. The Morgan fingerprint density at radius 2 is 2.16 bits per heavy atom. The van der Waals surface area contributed by atoms with Gasteiger partial charge in [0, 0.05) is 16.2 Å². The summed E-state index contributed by atoms with van der Waals surface area (Å²) in [4.78, 5) is 16.3. The summed E-state index contributed by atoms with van der Waals surface area (Å²) in [6, 6.07) is 8.87. The second-order valence-electron chi connectivity index (χ2n) is 4.01. The lowest BCUT2D eigenvalue weighted by molar-refractivity contribution is 0.102. The second-order valence-corrected chi connectivity index (χ2v) is 4.92. The van der Waals surface area contributed by atoms with E-state index in [-0.39, 0.29) is 5.91 Å². The van der Waals surface area contributed by atoms with Crippen molar-refractivity contribution in [3.63, 3.8) is 0 Å². The van der Waals surface area contributed by atoms with Crippen molar-refractivity contribution in [1.82, 2.24) is 4.98 Å². The van der Waals surface area contributed by atoms with E-state index in [1.807, 2.05) is 13.0 Å². The summed E-state index contributed by atoms with van der Waals surface area (Å²) < 4.78 is 5.97. The number of amides is 1. The third-order valence-corrected chi connectivity index (χ3v) is 3.04. The smallest absolute Gasteiger partial charge is 0.256 e. The molecule has 0 saturated carbocycles. The number of hydrogen-bond donors (Lipinski definition) is 1. The Labute approximate surface area is 119 Å². The standard InChI is InChI=1S/C14H13BrN2O2/c1-9-6-11(15)8-16-13(9)17-14(18)10-4-3-5-12(7-10)19-2/h3-8H,1-2H3,(H,16,17,18). The molecule has 1 amide bonds. The number of benzene rings is 1. The highest BCUT2D eigenvalue weighted by Gasteiger charge is 2.09. The number of carbonyl (C=O) groups excluding carboxylic acids is 1. The molecular weight excluding hydrogens is 308 g/mol. The van der Waals surface area contributed by atoms with Crippen LogP contribution in [0, 0.1) is 6.92 Å². The highest BCUT2D eigenvalue weighted by atomic mass is 79.9. The number of methoxy groups -OCH3 is 1. The maximum absolute atomic E-state index is 12.1. The molecule has 0 unspecified atom stereocenters. The number of anilines is 1. The van der Waals surface area contributed by atoms with Gasteiger partial charge >= 0.3 is 0 Å². The van der Waals surface area contributed by atoms with Crippen LogP contribution in [0.4, 0.5) is 5.82 Å². The first-order valence-electron chi connectivity index (χ1n) is 5.67. The predicted octanol–water partition coefficient (Wildman–Crippen LogP) is 3.41. The third-order valence-electron chi connectivity index (χ3n) is 2.61. The summed E-state index contributed by atoms with van der Waals surface area (Å²) >= 11 is 3.33. The lowest BCUT2D eigenvalue weighted by Crippen LogP contribution is -2.13. The number of halogens is 1. The Hall–Kier alpha value is -1.88. The van der Waals surface area contributed by atoms with Crippen LogP contribution in [0.3, 0.4) is 0 Å². The number of rotatable bonds is 3.